The van der Waals surface area contributed by atoms with Crippen LogP contribution in [0.3, 0.4) is 0 Å². The van der Waals surface area contributed by atoms with Crippen molar-refractivity contribution >= 4 is 16.9 Å². The first kappa shape index (κ1) is 21.8. The third kappa shape index (κ3) is 4.31. The van der Waals surface area contributed by atoms with Crippen LogP contribution in [0.1, 0.15) is 49.6 Å². The zero-order chi connectivity index (χ0) is 22.8. The number of para-hydroxylation sites is 2. The number of carbonyl (C=O) groups is 1. The van der Waals surface area contributed by atoms with E-state index in [1.165, 1.54) is 27.8 Å². The van der Waals surface area contributed by atoms with Gasteiger partial charge in [-0.1, -0.05) is 35.9 Å². The summed E-state index contributed by atoms with van der Waals surface area (Å²) >= 11 is 0. The first-order valence-electron chi connectivity index (χ1n) is 11.2. The maximum atomic E-state index is 12.5. The monoisotopic (exact) mass is 425 g/mol. The molecule has 0 bridgehead atoms. The van der Waals surface area contributed by atoms with Crippen LogP contribution in [0.15, 0.2) is 54.6 Å². The van der Waals surface area contributed by atoms with Crippen LogP contribution in [-0.2, 0) is 13.0 Å². The Labute approximate surface area is 190 Å². The van der Waals surface area contributed by atoms with Crippen molar-refractivity contribution in [2.45, 2.75) is 47.6 Å². The molecule has 1 N–H and O–H groups in total. The van der Waals surface area contributed by atoms with Gasteiger partial charge in [0, 0.05) is 25.1 Å². The topological polar surface area (TPSA) is 46.9 Å². The van der Waals surface area contributed by atoms with E-state index in [9.17, 15) is 4.79 Å². The fraction of sp³-hybridized carbons (Fsp3) is 0.286. The Morgan fingerprint density at radius 2 is 1.56 bits per heavy atom. The molecule has 0 atom stereocenters. The number of aryl methyl sites for hydroxylation is 3. The Bertz CT molecular complexity index is 1260. The molecule has 0 aliphatic carbocycles. The van der Waals surface area contributed by atoms with E-state index in [-0.39, 0.29) is 5.91 Å². The molecule has 4 heteroatoms. The molecule has 164 valence electrons. The summed E-state index contributed by atoms with van der Waals surface area (Å²) in [6, 6.07) is 18.2. The Hall–Kier alpha value is -3.40. The predicted molar refractivity (Wildman–Crippen MR) is 131 cm³/mol. The Kier molecular flexibility index (Phi) is 6.13. The quantitative estimate of drug-likeness (QED) is 0.437. The van der Waals surface area contributed by atoms with Gasteiger partial charge in [0.25, 0.3) is 5.91 Å². The second kappa shape index (κ2) is 8.99. The first-order valence-corrected chi connectivity index (χ1v) is 11.2. The molecule has 0 unspecified atom stereocenters. The van der Waals surface area contributed by atoms with Crippen LogP contribution in [0.25, 0.3) is 11.0 Å². The lowest BCUT2D eigenvalue weighted by atomic mass is 9.94. The summed E-state index contributed by atoms with van der Waals surface area (Å²) in [4.78, 5) is 17.4. The molecule has 3 aromatic carbocycles. The van der Waals surface area contributed by atoms with Crippen molar-refractivity contribution in [2.75, 3.05) is 6.54 Å². The van der Waals surface area contributed by atoms with E-state index < -0.39 is 0 Å². The van der Waals surface area contributed by atoms with E-state index in [4.69, 9.17) is 4.98 Å². The number of hydrogen-bond acceptors (Lipinski definition) is 2. The van der Waals surface area contributed by atoms with E-state index in [0.29, 0.717) is 18.5 Å². The highest BCUT2D eigenvalue weighted by atomic mass is 16.1. The number of fused-ring (bicyclic) bond motifs is 1. The van der Waals surface area contributed by atoms with Crippen LogP contribution in [0, 0.1) is 34.6 Å². The van der Waals surface area contributed by atoms with Crippen LogP contribution in [-0.4, -0.2) is 22.0 Å². The number of rotatable bonds is 6. The lowest BCUT2D eigenvalue weighted by molar-refractivity contribution is 0.0954. The standard InChI is InChI=1S/C28H31N3O/c1-18-10-12-23(13-11-18)28(32)29-15-14-27-30-25-8-6-7-9-26(25)31(27)17-24-21(4)19(2)16-20(3)22(24)5/h6-13,16H,14-15,17H2,1-5H3,(H,29,32). The molecule has 4 rings (SSSR count). The highest BCUT2D eigenvalue weighted by Gasteiger charge is 2.15. The normalized spacial score (nSPS) is 11.2. The lowest BCUT2D eigenvalue weighted by Gasteiger charge is -2.18. The molecule has 32 heavy (non-hydrogen) atoms. The molecule has 4 aromatic rings. The SMILES string of the molecule is Cc1ccc(C(=O)NCCc2nc3ccccc3n2Cc2c(C)c(C)cc(C)c2C)cc1. The number of benzene rings is 3. The zero-order valence-corrected chi connectivity index (χ0v) is 19.6. The van der Waals surface area contributed by atoms with Crippen molar-refractivity contribution < 1.29 is 4.79 Å². The molecule has 0 fully saturated rings. The molecule has 1 amide bonds. The van der Waals surface area contributed by atoms with Crippen LogP contribution in [0.5, 0.6) is 0 Å². The van der Waals surface area contributed by atoms with Gasteiger partial charge in [0.1, 0.15) is 5.82 Å². The Balaban J connectivity index is 1.60. The van der Waals surface area contributed by atoms with Gasteiger partial charge < -0.3 is 9.88 Å². The fourth-order valence-electron chi connectivity index (χ4n) is 4.28. The number of carbonyl (C=O) groups excluding carboxylic acids is 1. The van der Waals surface area contributed by atoms with Crippen molar-refractivity contribution in [3.05, 3.63) is 99.4 Å². The number of amides is 1. The molecule has 0 saturated heterocycles. The molecule has 0 aliphatic rings. The van der Waals surface area contributed by atoms with Crippen LogP contribution in [0.4, 0.5) is 0 Å². The minimum atomic E-state index is -0.0475. The molecule has 0 saturated carbocycles. The number of nitrogens with one attached hydrogen (secondary N) is 1. The fourth-order valence-corrected chi connectivity index (χ4v) is 4.28. The minimum Gasteiger partial charge on any atom is -0.352 e. The van der Waals surface area contributed by atoms with Crippen molar-refractivity contribution in [3.8, 4) is 0 Å². The van der Waals surface area contributed by atoms with Gasteiger partial charge >= 0.3 is 0 Å². The van der Waals surface area contributed by atoms with Gasteiger partial charge in [0.15, 0.2) is 0 Å². The molecule has 0 aliphatic heterocycles. The highest BCUT2D eigenvalue weighted by molar-refractivity contribution is 5.94. The minimum absolute atomic E-state index is 0.0475. The number of imidazole rings is 1. The summed E-state index contributed by atoms with van der Waals surface area (Å²) in [6.45, 7) is 12.1. The van der Waals surface area contributed by atoms with Gasteiger partial charge in [-0.15, -0.1) is 0 Å². The second-order valence-electron chi connectivity index (χ2n) is 8.71. The summed E-state index contributed by atoms with van der Waals surface area (Å²) in [7, 11) is 0. The van der Waals surface area contributed by atoms with Gasteiger partial charge in [0.05, 0.1) is 11.0 Å². The van der Waals surface area contributed by atoms with Crippen molar-refractivity contribution in [1.29, 1.82) is 0 Å². The van der Waals surface area contributed by atoms with E-state index in [1.807, 2.05) is 37.3 Å². The molecule has 0 radical (unpaired) electrons. The number of nitrogens with zero attached hydrogens (tertiary/aromatic N) is 2. The van der Waals surface area contributed by atoms with Gasteiger partial charge in [-0.2, -0.15) is 0 Å². The molecular weight excluding hydrogens is 394 g/mol. The molecule has 1 heterocycles. The third-order valence-corrected chi connectivity index (χ3v) is 6.52. The van der Waals surface area contributed by atoms with Gasteiger partial charge in [-0.05, 0) is 86.7 Å². The summed E-state index contributed by atoms with van der Waals surface area (Å²) in [5.41, 5.74) is 10.6. The van der Waals surface area contributed by atoms with E-state index in [0.717, 1.165) is 29.0 Å². The van der Waals surface area contributed by atoms with Gasteiger partial charge in [-0.25, -0.2) is 4.98 Å². The van der Waals surface area contributed by atoms with E-state index in [2.05, 4.69) is 61.8 Å². The van der Waals surface area contributed by atoms with Crippen LogP contribution >= 0.6 is 0 Å². The Morgan fingerprint density at radius 1 is 0.906 bits per heavy atom. The van der Waals surface area contributed by atoms with Crippen LogP contribution < -0.4 is 5.32 Å². The molecular formula is C28H31N3O. The molecule has 1 aromatic heterocycles. The molecule has 0 spiro atoms. The van der Waals surface area contributed by atoms with E-state index >= 15 is 0 Å². The highest BCUT2D eigenvalue weighted by Crippen LogP contribution is 2.25. The van der Waals surface area contributed by atoms with Crippen LogP contribution in [0.2, 0.25) is 0 Å². The average molecular weight is 426 g/mol. The summed E-state index contributed by atoms with van der Waals surface area (Å²) in [6.07, 6.45) is 0.676. The second-order valence-corrected chi connectivity index (χ2v) is 8.71. The predicted octanol–water partition coefficient (Wildman–Crippen LogP) is 5.60. The third-order valence-electron chi connectivity index (χ3n) is 6.52. The summed E-state index contributed by atoms with van der Waals surface area (Å²) in [5.74, 6) is 0.946. The number of hydrogen-bond donors (Lipinski definition) is 1. The largest absolute Gasteiger partial charge is 0.352 e. The first-order chi connectivity index (χ1) is 15.3. The maximum Gasteiger partial charge on any atom is 0.251 e. The zero-order valence-electron chi connectivity index (χ0n) is 19.6. The number of aromatic nitrogens is 2. The maximum absolute atomic E-state index is 12.5. The average Bonchev–Trinajstić information content (AvgIpc) is 3.13. The summed E-state index contributed by atoms with van der Waals surface area (Å²) < 4.78 is 2.31. The van der Waals surface area contributed by atoms with Gasteiger partial charge in [0.2, 0.25) is 0 Å². The smallest absolute Gasteiger partial charge is 0.251 e. The molecule has 4 nitrogen and oxygen atoms in total. The van der Waals surface area contributed by atoms with Crippen molar-refractivity contribution in [1.82, 2.24) is 14.9 Å². The van der Waals surface area contributed by atoms with Crippen molar-refractivity contribution in [3.63, 3.8) is 0 Å². The lowest BCUT2D eigenvalue weighted by Crippen LogP contribution is -2.26. The summed E-state index contributed by atoms with van der Waals surface area (Å²) in [5, 5.41) is 3.05. The van der Waals surface area contributed by atoms with Crippen molar-refractivity contribution in [2.24, 2.45) is 0 Å². The Morgan fingerprint density at radius 3 is 2.25 bits per heavy atom. The van der Waals surface area contributed by atoms with Gasteiger partial charge in [-0.3, -0.25) is 4.79 Å². The van der Waals surface area contributed by atoms with E-state index in [1.54, 1.807) is 0 Å².